The summed E-state index contributed by atoms with van der Waals surface area (Å²) in [6, 6.07) is 11.0. The predicted molar refractivity (Wildman–Crippen MR) is 110 cm³/mol. The maximum Gasteiger partial charge on any atom is 0.245 e. The van der Waals surface area contributed by atoms with E-state index in [0.29, 0.717) is 5.69 Å². The van der Waals surface area contributed by atoms with Crippen LogP contribution in [0.1, 0.15) is 23.6 Å². The van der Waals surface area contributed by atoms with Crippen molar-refractivity contribution in [2.75, 3.05) is 22.4 Å². The van der Waals surface area contributed by atoms with Crippen LogP contribution in [0.5, 0.6) is 0 Å². The van der Waals surface area contributed by atoms with E-state index >= 15 is 0 Å². The molecule has 0 saturated carbocycles. The number of sulfonamides is 1. The third kappa shape index (κ3) is 4.86. The van der Waals surface area contributed by atoms with Gasteiger partial charge in [0.25, 0.3) is 0 Å². The van der Waals surface area contributed by atoms with Gasteiger partial charge in [-0.2, -0.15) is 0 Å². The van der Waals surface area contributed by atoms with E-state index in [1.165, 1.54) is 0 Å². The number of nitrogens with one attached hydrogen (secondary N) is 1. The lowest BCUT2D eigenvalue weighted by Gasteiger charge is -2.23. The summed E-state index contributed by atoms with van der Waals surface area (Å²) in [6.07, 6.45) is 1.88. The fourth-order valence-electron chi connectivity index (χ4n) is 2.70. The molecule has 2 rings (SSSR count). The van der Waals surface area contributed by atoms with Gasteiger partial charge in [0.1, 0.15) is 6.54 Å². The number of anilines is 2. The number of aryl methyl sites for hydroxylation is 3. The first-order valence-corrected chi connectivity index (χ1v) is 10.9. The first-order valence-electron chi connectivity index (χ1n) is 8.25. The number of rotatable bonds is 6. The SMILES string of the molecule is CCc1cccc(C)c1NC(=O)CN(c1ccc(Br)c(C)c1)S(C)(=O)=O. The number of hydrogen-bond acceptors (Lipinski definition) is 3. The second kappa shape index (κ2) is 8.22. The zero-order valence-electron chi connectivity index (χ0n) is 15.3. The molecule has 0 aliphatic carbocycles. The molecular formula is C19H23BrN2O3S. The Morgan fingerprint density at radius 1 is 1.15 bits per heavy atom. The fraction of sp³-hybridized carbons (Fsp3) is 0.316. The summed E-state index contributed by atoms with van der Waals surface area (Å²) >= 11 is 3.40. The van der Waals surface area contributed by atoms with Crippen molar-refractivity contribution in [2.45, 2.75) is 27.2 Å². The summed E-state index contributed by atoms with van der Waals surface area (Å²) in [5.41, 5.74) is 4.07. The van der Waals surface area contributed by atoms with Crippen LogP contribution in [0.25, 0.3) is 0 Å². The summed E-state index contributed by atoms with van der Waals surface area (Å²) in [5.74, 6) is -0.375. The van der Waals surface area contributed by atoms with Gasteiger partial charge in [-0.25, -0.2) is 8.42 Å². The third-order valence-corrected chi connectivity index (χ3v) is 6.15. The number of benzene rings is 2. The van der Waals surface area contributed by atoms with Crippen molar-refractivity contribution in [3.8, 4) is 0 Å². The van der Waals surface area contributed by atoms with Crippen LogP contribution < -0.4 is 9.62 Å². The van der Waals surface area contributed by atoms with E-state index in [2.05, 4.69) is 21.2 Å². The highest BCUT2D eigenvalue weighted by molar-refractivity contribution is 9.10. The smallest absolute Gasteiger partial charge is 0.245 e. The highest BCUT2D eigenvalue weighted by Gasteiger charge is 2.22. The Balaban J connectivity index is 2.30. The number of para-hydroxylation sites is 1. The lowest BCUT2D eigenvalue weighted by atomic mass is 10.1. The number of hydrogen-bond donors (Lipinski definition) is 1. The molecule has 26 heavy (non-hydrogen) atoms. The lowest BCUT2D eigenvalue weighted by Crippen LogP contribution is -2.37. The van der Waals surface area contributed by atoms with E-state index in [1.807, 2.05) is 39.0 Å². The lowest BCUT2D eigenvalue weighted by molar-refractivity contribution is -0.114. The van der Waals surface area contributed by atoms with Crippen LogP contribution in [-0.4, -0.2) is 27.1 Å². The molecule has 0 atom stereocenters. The van der Waals surface area contributed by atoms with Crippen LogP contribution in [0.15, 0.2) is 40.9 Å². The topological polar surface area (TPSA) is 66.5 Å². The molecule has 0 fully saturated rings. The molecule has 2 aromatic rings. The molecule has 0 spiro atoms. The number of halogens is 1. The molecule has 0 bridgehead atoms. The fourth-order valence-corrected chi connectivity index (χ4v) is 3.79. The molecule has 0 saturated heterocycles. The molecule has 5 nitrogen and oxygen atoms in total. The zero-order valence-corrected chi connectivity index (χ0v) is 17.7. The van der Waals surface area contributed by atoms with Gasteiger partial charge in [-0.15, -0.1) is 0 Å². The van der Waals surface area contributed by atoms with Crippen LogP contribution in [0.3, 0.4) is 0 Å². The zero-order chi connectivity index (χ0) is 19.5. The van der Waals surface area contributed by atoms with E-state index in [1.54, 1.807) is 18.2 Å². The number of carbonyl (C=O) groups is 1. The number of carbonyl (C=O) groups excluding carboxylic acids is 1. The minimum Gasteiger partial charge on any atom is -0.324 e. The van der Waals surface area contributed by atoms with Crippen molar-refractivity contribution in [3.05, 3.63) is 57.6 Å². The molecule has 0 heterocycles. The Labute approximate surface area is 163 Å². The first-order chi connectivity index (χ1) is 12.1. The predicted octanol–water partition coefficient (Wildman–Crippen LogP) is 4.03. The Bertz CT molecular complexity index is 926. The summed E-state index contributed by atoms with van der Waals surface area (Å²) in [7, 11) is -3.60. The van der Waals surface area contributed by atoms with Gasteiger partial charge in [-0.05, 0) is 55.2 Å². The number of amides is 1. The molecule has 0 unspecified atom stereocenters. The summed E-state index contributed by atoms with van der Waals surface area (Å²) in [6.45, 7) is 5.52. The first kappa shape index (κ1) is 20.5. The van der Waals surface area contributed by atoms with Crippen LogP contribution in [0, 0.1) is 13.8 Å². The van der Waals surface area contributed by atoms with E-state index in [4.69, 9.17) is 0 Å². The van der Waals surface area contributed by atoms with E-state index in [9.17, 15) is 13.2 Å². The van der Waals surface area contributed by atoms with E-state index in [-0.39, 0.29) is 12.5 Å². The van der Waals surface area contributed by atoms with Crippen LogP contribution in [0.2, 0.25) is 0 Å². The molecule has 1 N–H and O–H groups in total. The maximum absolute atomic E-state index is 12.6. The van der Waals surface area contributed by atoms with Gasteiger partial charge in [0.15, 0.2) is 0 Å². The Kier molecular flexibility index (Phi) is 6.47. The number of nitrogens with zero attached hydrogens (tertiary/aromatic N) is 1. The van der Waals surface area contributed by atoms with Crippen LogP contribution in [-0.2, 0) is 21.2 Å². The second-order valence-corrected chi connectivity index (χ2v) is 8.98. The largest absolute Gasteiger partial charge is 0.324 e. The summed E-state index contributed by atoms with van der Waals surface area (Å²) in [4.78, 5) is 12.6. The average molecular weight is 439 g/mol. The monoisotopic (exact) mass is 438 g/mol. The highest BCUT2D eigenvalue weighted by Crippen LogP contribution is 2.25. The highest BCUT2D eigenvalue weighted by atomic mass is 79.9. The molecule has 140 valence electrons. The van der Waals surface area contributed by atoms with Crippen molar-refractivity contribution in [1.29, 1.82) is 0 Å². The van der Waals surface area contributed by atoms with Gasteiger partial charge in [0.05, 0.1) is 11.9 Å². The summed E-state index contributed by atoms with van der Waals surface area (Å²) in [5, 5.41) is 2.87. The Morgan fingerprint density at radius 3 is 2.42 bits per heavy atom. The van der Waals surface area contributed by atoms with E-state index < -0.39 is 10.0 Å². The minimum absolute atomic E-state index is 0.280. The standard InChI is InChI=1S/C19H23BrN2O3S/c1-5-15-8-6-7-13(2)19(15)21-18(23)12-22(26(4,24)25)16-9-10-17(20)14(3)11-16/h6-11H,5,12H2,1-4H3,(H,21,23). The van der Waals surface area contributed by atoms with Crippen LogP contribution in [0.4, 0.5) is 11.4 Å². The van der Waals surface area contributed by atoms with Gasteiger partial charge in [0, 0.05) is 10.2 Å². The van der Waals surface area contributed by atoms with E-state index in [0.717, 1.165) is 43.8 Å². The third-order valence-electron chi connectivity index (χ3n) is 4.12. The molecule has 0 radical (unpaired) electrons. The average Bonchev–Trinajstić information content (AvgIpc) is 2.56. The van der Waals surface area contributed by atoms with Gasteiger partial charge in [0.2, 0.25) is 15.9 Å². The molecule has 2 aromatic carbocycles. The normalized spacial score (nSPS) is 11.3. The quantitative estimate of drug-likeness (QED) is 0.739. The van der Waals surface area contributed by atoms with Gasteiger partial charge in [-0.1, -0.05) is 41.1 Å². The van der Waals surface area contributed by atoms with Crippen LogP contribution >= 0.6 is 15.9 Å². The molecule has 0 aliphatic rings. The molecular weight excluding hydrogens is 416 g/mol. The van der Waals surface area contributed by atoms with Crippen molar-refractivity contribution >= 4 is 43.2 Å². The Hall–Kier alpha value is -1.86. The van der Waals surface area contributed by atoms with Gasteiger partial charge in [-0.3, -0.25) is 9.10 Å². The van der Waals surface area contributed by atoms with Gasteiger partial charge < -0.3 is 5.32 Å². The summed E-state index contributed by atoms with van der Waals surface area (Å²) < 4.78 is 26.5. The minimum atomic E-state index is -3.60. The molecule has 0 aliphatic heterocycles. The second-order valence-electron chi connectivity index (χ2n) is 6.21. The molecule has 7 heteroatoms. The van der Waals surface area contributed by atoms with Crippen molar-refractivity contribution in [3.63, 3.8) is 0 Å². The van der Waals surface area contributed by atoms with Crippen molar-refractivity contribution < 1.29 is 13.2 Å². The van der Waals surface area contributed by atoms with Gasteiger partial charge >= 0.3 is 0 Å². The Morgan fingerprint density at radius 2 is 1.85 bits per heavy atom. The molecule has 0 aromatic heterocycles. The van der Waals surface area contributed by atoms with Crippen molar-refractivity contribution in [1.82, 2.24) is 0 Å². The maximum atomic E-state index is 12.6. The molecule has 1 amide bonds. The van der Waals surface area contributed by atoms with Crippen molar-refractivity contribution in [2.24, 2.45) is 0 Å².